The van der Waals surface area contributed by atoms with Gasteiger partial charge in [-0.3, -0.25) is 4.79 Å². The van der Waals surface area contributed by atoms with Crippen molar-refractivity contribution in [3.63, 3.8) is 0 Å². The number of fused-ring (bicyclic) bond motifs is 1. The lowest BCUT2D eigenvalue weighted by atomic mass is 9.81. The van der Waals surface area contributed by atoms with Gasteiger partial charge >= 0.3 is 12.0 Å². The highest BCUT2D eigenvalue weighted by Gasteiger charge is 2.56. The molecule has 0 aromatic heterocycles. The van der Waals surface area contributed by atoms with Crippen LogP contribution in [0.4, 0.5) is 4.79 Å². The summed E-state index contributed by atoms with van der Waals surface area (Å²) < 4.78 is 5.47. The predicted molar refractivity (Wildman–Crippen MR) is 80.6 cm³/mol. The van der Waals surface area contributed by atoms with Crippen molar-refractivity contribution in [2.24, 2.45) is 11.3 Å². The number of hydrogen-bond acceptors (Lipinski definition) is 3. The second-order valence-electron chi connectivity index (χ2n) is 7.05. The summed E-state index contributed by atoms with van der Waals surface area (Å²) in [5, 5.41) is 12.7. The lowest BCUT2D eigenvalue weighted by Gasteiger charge is -2.32. The Bertz CT molecular complexity index is 455. The standard InChI is InChI=1S/C16H26N2O4/c1-22-13-7-3-2-6-12(13)17-15(21)18-9-11-5-4-8-16(11,10-18)14(19)20/h11-13H,2-10H2,1H3,(H,17,21)(H,19,20)/t11-,12-,13-,16+/m0/s1. The molecule has 0 aromatic carbocycles. The van der Waals surface area contributed by atoms with E-state index in [-0.39, 0.29) is 24.1 Å². The highest BCUT2D eigenvalue weighted by atomic mass is 16.5. The minimum atomic E-state index is -0.738. The van der Waals surface area contributed by atoms with Crippen LogP contribution >= 0.6 is 0 Å². The zero-order valence-corrected chi connectivity index (χ0v) is 13.2. The summed E-state index contributed by atoms with van der Waals surface area (Å²) in [6.07, 6.45) is 6.80. The monoisotopic (exact) mass is 310 g/mol. The SMILES string of the molecule is CO[C@H]1CCCC[C@@H]1NC(=O)N1C[C@@H]2CCC[C@@]2(C(=O)O)C1. The van der Waals surface area contributed by atoms with Gasteiger partial charge in [0.25, 0.3) is 0 Å². The molecule has 0 unspecified atom stereocenters. The first-order chi connectivity index (χ1) is 10.6. The number of likely N-dealkylation sites (tertiary alicyclic amines) is 1. The van der Waals surface area contributed by atoms with Crippen LogP contribution in [0.3, 0.4) is 0 Å². The van der Waals surface area contributed by atoms with E-state index in [1.54, 1.807) is 12.0 Å². The van der Waals surface area contributed by atoms with Gasteiger partial charge in [-0.2, -0.15) is 0 Å². The lowest BCUT2D eigenvalue weighted by Crippen LogP contribution is -2.51. The molecule has 2 amide bonds. The summed E-state index contributed by atoms with van der Waals surface area (Å²) in [6, 6.07) is -0.0727. The fraction of sp³-hybridized carbons (Fsp3) is 0.875. The van der Waals surface area contributed by atoms with Crippen molar-refractivity contribution in [1.82, 2.24) is 10.2 Å². The highest BCUT2D eigenvalue weighted by molar-refractivity contribution is 5.80. The fourth-order valence-electron chi connectivity index (χ4n) is 4.59. The number of methoxy groups -OCH3 is 1. The molecule has 3 fully saturated rings. The van der Waals surface area contributed by atoms with E-state index in [9.17, 15) is 14.7 Å². The molecule has 2 N–H and O–H groups in total. The first-order valence-corrected chi connectivity index (χ1v) is 8.38. The minimum Gasteiger partial charge on any atom is -0.481 e. The van der Waals surface area contributed by atoms with Gasteiger partial charge in [-0.1, -0.05) is 19.3 Å². The Hall–Kier alpha value is -1.30. The molecule has 3 rings (SSSR count). The molecule has 6 nitrogen and oxygen atoms in total. The summed E-state index contributed by atoms with van der Waals surface area (Å²) in [5.41, 5.74) is -0.704. The van der Waals surface area contributed by atoms with Crippen LogP contribution in [0.25, 0.3) is 0 Å². The fourth-order valence-corrected chi connectivity index (χ4v) is 4.59. The summed E-state index contributed by atoms with van der Waals surface area (Å²) in [7, 11) is 1.69. The minimum absolute atomic E-state index is 0.0486. The average molecular weight is 310 g/mol. The number of carbonyl (C=O) groups excluding carboxylic acids is 1. The third-order valence-corrected chi connectivity index (χ3v) is 5.90. The number of amides is 2. The summed E-state index contributed by atoms with van der Waals surface area (Å²) in [4.78, 5) is 25.9. The number of urea groups is 1. The molecular weight excluding hydrogens is 284 g/mol. The van der Waals surface area contributed by atoms with E-state index in [1.165, 1.54) is 0 Å². The van der Waals surface area contributed by atoms with E-state index >= 15 is 0 Å². The number of nitrogens with zero attached hydrogens (tertiary/aromatic N) is 1. The maximum absolute atomic E-state index is 12.5. The zero-order valence-electron chi connectivity index (χ0n) is 13.2. The van der Waals surface area contributed by atoms with Crippen LogP contribution in [0.5, 0.6) is 0 Å². The molecule has 3 aliphatic rings. The Morgan fingerprint density at radius 3 is 2.68 bits per heavy atom. The van der Waals surface area contributed by atoms with Crippen molar-refractivity contribution in [1.29, 1.82) is 0 Å². The molecule has 6 heteroatoms. The first kappa shape index (κ1) is 15.6. The maximum Gasteiger partial charge on any atom is 0.317 e. The quantitative estimate of drug-likeness (QED) is 0.833. The number of aliphatic carboxylic acids is 1. The molecule has 2 saturated carbocycles. The second kappa shape index (κ2) is 6.07. The third-order valence-electron chi connectivity index (χ3n) is 5.90. The van der Waals surface area contributed by atoms with E-state index in [1.807, 2.05) is 0 Å². The largest absolute Gasteiger partial charge is 0.481 e. The van der Waals surface area contributed by atoms with Crippen LogP contribution in [0, 0.1) is 11.3 Å². The Kier molecular flexibility index (Phi) is 4.30. The van der Waals surface area contributed by atoms with Gasteiger partial charge in [0.15, 0.2) is 0 Å². The Labute approximate surface area is 131 Å². The summed E-state index contributed by atoms with van der Waals surface area (Å²) in [5.74, 6) is -0.627. The molecule has 0 aromatic rings. The van der Waals surface area contributed by atoms with Crippen LogP contribution in [0.2, 0.25) is 0 Å². The van der Waals surface area contributed by atoms with Crippen LogP contribution < -0.4 is 5.32 Å². The van der Waals surface area contributed by atoms with Gasteiger partial charge in [0.05, 0.1) is 17.6 Å². The van der Waals surface area contributed by atoms with Gasteiger partial charge < -0.3 is 20.1 Å². The molecule has 2 aliphatic carbocycles. The van der Waals surface area contributed by atoms with Gasteiger partial charge in [-0.05, 0) is 31.6 Å². The smallest absolute Gasteiger partial charge is 0.317 e. The van der Waals surface area contributed by atoms with E-state index in [2.05, 4.69) is 5.32 Å². The van der Waals surface area contributed by atoms with Gasteiger partial charge in [-0.25, -0.2) is 4.79 Å². The summed E-state index contributed by atoms with van der Waals surface area (Å²) >= 11 is 0. The molecule has 124 valence electrons. The van der Waals surface area contributed by atoms with Gasteiger partial charge in [-0.15, -0.1) is 0 Å². The van der Waals surface area contributed by atoms with E-state index < -0.39 is 11.4 Å². The molecular formula is C16H26N2O4. The molecule has 22 heavy (non-hydrogen) atoms. The van der Waals surface area contributed by atoms with E-state index in [0.717, 1.165) is 38.5 Å². The molecule has 4 atom stereocenters. The Morgan fingerprint density at radius 2 is 2.00 bits per heavy atom. The molecule has 0 spiro atoms. The normalized spacial score (nSPS) is 37.9. The van der Waals surface area contributed by atoms with E-state index in [0.29, 0.717) is 19.5 Å². The molecule has 0 radical (unpaired) electrons. The van der Waals surface area contributed by atoms with Crippen molar-refractivity contribution in [3.8, 4) is 0 Å². The number of hydrogen-bond donors (Lipinski definition) is 2. The van der Waals surface area contributed by atoms with Crippen LogP contribution in [0.15, 0.2) is 0 Å². The topological polar surface area (TPSA) is 78.9 Å². The van der Waals surface area contributed by atoms with Gasteiger partial charge in [0, 0.05) is 20.2 Å². The molecule has 0 bridgehead atoms. The number of carboxylic acid groups (broad SMARTS) is 1. The van der Waals surface area contributed by atoms with Crippen LogP contribution in [0.1, 0.15) is 44.9 Å². The molecule has 1 heterocycles. The molecule has 1 saturated heterocycles. The van der Waals surface area contributed by atoms with Crippen molar-refractivity contribution < 1.29 is 19.4 Å². The predicted octanol–water partition coefficient (Wildman–Crippen LogP) is 1.84. The number of ether oxygens (including phenoxy) is 1. The average Bonchev–Trinajstić information content (AvgIpc) is 3.05. The van der Waals surface area contributed by atoms with Crippen molar-refractivity contribution >= 4 is 12.0 Å². The van der Waals surface area contributed by atoms with Gasteiger partial charge in [0.1, 0.15) is 0 Å². The van der Waals surface area contributed by atoms with E-state index in [4.69, 9.17) is 4.74 Å². The second-order valence-corrected chi connectivity index (χ2v) is 7.05. The third kappa shape index (κ3) is 2.57. The van der Waals surface area contributed by atoms with Crippen LogP contribution in [-0.2, 0) is 9.53 Å². The number of nitrogens with one attached hydrogen (secondary N) is 1. The summed E-state index contributed by atoms with van der Waals surface area (Å²) in [6.45, 7) is 0.922. The highest BCUT2D eigenvalue weighted by Crippen LogP contribution is 2.48. The maximum atomic E-state index is 12.5. The Morgan fingerprint density at radius 1 is 1.23 bits per heavy atom. The van der Waals surface area contributed by atoms with Gasteiger partial charge in [0.2, 0.25) is 0 Å². The van der Waals surface area contributed by atoms with Crippen molar-refractivity contribution in [2.75, 3.05) is 20.2 Å². The number of carboxylic acids is 1. The van der Waals surface area contributed by atoms with Crippen LogP contribution in [-0.4, -0.2) is 54.4 Å². The zero-order chi connectivity index (χ0) is 15.7. The number of carbonyl (C=O) groups is 2. The Balaban J connectivity index is 1.63. The first-order valence-electron chi connectivity index (χ1n) is 8.38. The number of rotatable bonds is 3. The molecule has 1 aliphatic heterocycles. The lowest BCUT2D eigenvalue weighted by molar-refractivity contribution is -0.149. The van der Waals surface area contributed by atoms with Crippen molar-refractivity contribution in [3.05, 3.63) is 0 Å². The van der Waals surface area contributed by atoms with Crippen molar-refractivity contribution in [2.45, 2.75) is 57.1 Å².